The first kappa shape index (κ1) is 29.3. The van der Waals surface area contributed by atoms with Crippen molar-refractivity contribution >= 4 is 17.8 Å². The zero-order chi connectivity index (χ0) is 28.9. The van der Waals surface area contributed by atoms with Gasteiger partial charge in [0.1, 0.15) is 6.29 Å². The second-order valence-corrected chi connectivity index (χ2v) is 14.9. The Morgan fingerprint density at radius 3 is 2.25 bits per heavy atom. The predicted octanol–water partition coefficient (Wildman–Crippen LogP) is 9.32. The molecule has 4 saturated carbocycles. The monoisotopic (exact) mass is 544 g/mol. The fourth-order valence-electron chi connectivity index (χ4n) is 11.5. The normalized spacial score (nSPS) is 41.0. The number of benzene rings is 1. The lowest BCUT2D eigenvalue weighted by Gasteiger charge is -2.68. The van der Waals surface area contributed by atoms with Gasteiger partial charge in [-0.3, -0.25) is 0 Å². The van der Waals surface area contributed by atoms with Gasteiger partial charge in [-0.2, -0.15) is 0 Å². The highest BCUT2D eigenvalue weighted by atomic mass is 16.5. The van der Waals surface area contributed by atoms with Crippen LogP contribution in [0, 0.1) is 51.2 Å². The van der Waals surface area contributed by atoms with Crippen molar-refractivity contribution in [1.29, 1.82) is 0 Å². The van der Waals surface area contributed by atoms with Crippen LogP contribution in [0.3, 0.4) is 0 Å². The van der Waals surface area contributed by atoms with Crippen molar-refractivity contribution in [2.24, 2.45) is 51.2 Å². The zero-order valence-electron chi connectivity index (χ0n) is 25.9. The van der Waals surface area contributed by atoms with Crippen molar-refractivity contribution in [2.45, 2.75) is 98.8 Å². The Morgan fingerprint density at radius 2 is 1.60 bits per heavy atom. The molecule has 40 heavy (non-hydrogen) atoms. The Balaban J connectivity index is 0.00000103. The number of aldehydes is 1. The van der Waals surface area contributed by atoms with Crippen LogP contribution in [0.15, 0.2) is 43.0 Å². The van der Waals surface area contributed by atoms with E-state index in [9.17, 15) is 9.59 Å². The molecule has 3 nitrogen and oxygen atoms in total. The van der Waals surface area contributed by atoms with E-state index in [0.29, 0.717) is 28.2 Å². The van der Waals surface area contributed by atoms with Gasteiger partial charge in [0.2, 0.25) is 0 Å². The average molecular weight is 545 g/mol. The number of ether oxygens (including phenoxy) is 1. The van der Waals surface area contributed by atoms with Crippen molar-refractivity contribution in [3.05, 3.63) is 54.1 Å². The maximum Gasteiger partial charge on any atom is 0.337 e. The second kappa shape index (κ2) is 10.6. The Bertz CT molecular complexity index is 1160. The molecule has 0 aromatic heterocycles. The average Bonchev–Trinajstić information content (AvgIpc) is 3.38. The fraction of sp³-hybridized carbons (Fsp3) is 0.676. The number of rotatable bonds is 3. The van der Waals surface area contributed by atoms with E-state index in [4.69, 9.17) is 4.74 Å². The lowest BCUT2D eigenvalue weighted by atomic mass is 9.36. The van der Waals surface area contributed by atoms with Crippen LogP contribution in [0.25, 0.3) is 5.57 Å². The van der Waals surface area contributed by atoms with E-state index in [-0.39, 0.29) is 16.8 Å². The molecule has 5 aliphatic rings. The minimum Gasteiger partial charge on any atom is -0.465 e. The van der Waals surface area contributed by atoms with Crippen LogP contribution < -0.4 is 0 Å². The van der Waals surface area contributed by atoms with Gasteiger partial charge in [-0.25, -0.2) is 4.79 Å². The third-order valence-electron chi connectivity index (χ3n) is 13.0. The minimum absolute atomic E-state index is 0.0132. The van der Waals surface area contributed by atoms with Gasteiger partial charge in [0.15, 0.2) is 0 Å². The molecule has 0 bridgehead atoms. The van der Waals surface area contributed by atoms with Crippen LogP contribution >= 0.6 is 0 Å². The van der Waals surface area contributed by atoms with E-state index in [1.807, 2.05) is 19.1 Å². The molecule has 4 fully saturated rings. The predicted molar refractivity (Wildman–Crippen MR) is 164 cm³/mol. The molecule has 5 aliphatic carbocycles. The number of carbonyl (C=O) groups excluding carboxylic acids is 2. The van der Waals surface area contributed by atoms with Crippen molar-refractivity contribution < 1.29 is 14.3 Å². The largest absolute Gasteiger partial charge is 0.465 e. The van der Waals surface area contributed by atoms with Gasteiger partial charge in [0, 0.05) is 5.41 Å². The third kappa shape index (κ3) is 4.28. The number of allylic oxidation sites excluding steroid dienone is 3. The molecule has 1 aromatic carbocycles. The molecular formula is C37H52O3. The lowest BCUT2D eigenvalue weighted by molar-refractivity contribution is -0.178. The molecule has 0 saturated heterocycles. The molecule has 0 heterocycles. The number of hydrogen-bond acceptors (Lipinski definition) is 3. The first-order valence-corrected chi connectivity index (χ1v) is 15.9. The van der Waals surface area contributed by atoms with Gasteiger partial charge in [-0.1, -0.05) is 58.4 Å². The molecule has 0 amide bonds. The van der Waals surface area contributed by atoms with Crippen LogP contribution in [-0.4, -0.2) is 19.4 Å². The van der Waals surface area contributed by atoms with E-state index < -0.39 is 0 Å². The molecule has 8 atom stereocenters. The molecule has 0 spiro atoms. The Kier molecular flexibility index (Phi) is 7.77. The first-order valence-electron chi connectivity index (χ1n) is 15.9. The maximum atomic E-state index is 12.3. The lowest BCUT2D eigenvalue weighted by Crippen LogP contribution is -2.61. The van der Waals surface area contributed by atoms with Gasteiger partial charge in [-0.05, 0) is 134 Å². The molecule has 218 valence electrons. The van der Waals surface area contributed by atoms with Crippen molar-refractivity contribution in [3.8, 4) is 0 Å². The van der Waals surface area contributed by atoms with Crippen LogP contribution in [0.2, 0.25) is 0 Å². The SMILES string of the molecule is C=CC.COC(=O)c1ccc(C2=CCC3(C)C(CCC4(C)C5CCC6(C=O)CCC[C@@H]6C5CCC43)C2(C)C)cc1. The Labute approximate surface area is 243 Å². The summed E-state index contributed by atoms with van der Waals surface area (Å²) in [5.74, 6) is 3.33. The maximum absolute atomic E-state index is 12.3. The van der Waals surface area contributed by atoms with Crippen LogP contribution in [0.1, 0.15) is 115 Å². The number of methoxy groups -OCH3 is 1. The van der Waals surface area contributed by atoms with Crippen LogP contribution in [0.4, 0.5) is 0 Å². The van der Waals surface area contributed by atoms with Gasteiger partial charge in [0.05, 0.1) is 12.7 Å². The van der Waals surface area contributed by atoms with Gasteiger partial charge < -0.3 is 9.53 Å². The summed E-state index contributed by atoms with van der Waals surface area (Å²) in [5.41, 5.74) is 4.12. The van der Waals surface area contributed by atoms with Crippen LogP contribution in [-0.2, 0) is 9.53 Å². The summed E-state index contributed by atoms with van der Waals surface area (Å²) < 4.78 is 4.91. The second-order valence-electron chi connectivity index (χ2n) is 14.9. The van der Waals surface area contributed by atoms with Crippen molar-refractivity contribution in [1.82, 2.24) is 0 Å². The highest BCUT2D eigenvalue weighted by molar-refractivity contribution is 5.89. The van der Waals surface area contributed by atoms with E-state index in [1.54, 1.807) is 6.08 Å². The summed E-state index contributed by atoms with van der Waals surface area (Å²) in [7, 11) is 1.44. The number of esters is 1. The summed E-state index contributed by atoms with van der Waals surface area (Å²) in [4.78, 5) is 24.3. The minimum atomic E-state index is -0.274. The van der Waals surface area contributed by atoms with E-state index >= 15 is 0 Å². The first-order chi connectivity index (χ1) is 19.0. The van der Waals surface area contributed by atoms with E-state index in [0.717, 1.165) is 37.0 Å². The van der Waals surface area contributed by atoms with Gasteiger partial charge in [-0.15, -0.1) is 6.58 Å². The fourth-order valence-corrected chi connectivity index (χ4v) is 11.5. The summed E-state index contributed by atoms with van der Waals surface area (Å²) in [6, 6.07) is 8.06. The topological polar surface area (TPSA) is 43.4 Å². The highest BCUT2D eigenvalue weighted by Crippen LogP contribution is 2.73. The van der Waals surface area contributed by atoms with E-state index in [2.05, 4.69) is 52.5 Å². The summed E-state index contributed by atoms with van der Waals surface area (Å²) in [5, 5.41) is 0. The summed E-state index contributed by atoms with van der Waals surface area (Å²) in [6.45, 7) is 15.5. The summed E-state index contributed by atoms with van der Waals surface area (Å²) in [6.07, 6.45) is 18.2. The van der Waals surface area contributed by atoms with Crippen LogP contribution in [0.5, 0.6) is 0 Å². The molecule has 0 radical (unpaired) electrons. The third-order valence-corrected chi connectivity index (χ3v) is 13.0. The number of carbonyl (C=O) groups is 2. The quantitative estimate of drug-likeness (QED) is 0.216. The van der Waals surface area contributed by atoms with Gasteiger partial charge >= 0.3 is 5.97 Å². The molecular weight excluding hydrogens is 492 g/mol. The van der Waals surface area contributed by atoms with Gasteiger partial charge in [0.25, 0.3) is 0 Å². The molecule has 3 heteroatoms. The standard InChI is InChI=1S/C34H46O3.C3H6/c1-31(2)25(22-8-10-23(11-9-22)30(36)37-5)14-18-33(4)28(31)16-19-32(3)26-15-20-34(21-35)17-6-7-27(34)24(26)12-13-29(32)33;1-3-2/h8-11,14,21,24,26-29H,6-7,12-13,15-20H2,1-5H3;3H,1H2,2H3/t24?,26?,27-,28?,29?,32?,33?,34?;/m1./s1. The Hall–Kier alpha value is -2.16. The van der Waals surface area contributed by atoms with E-state index in [1.165, 1.54) is 69.5 Å². The molecule has 7 unspecified atom stereocenters. The molecule has 6 rings (SSSR count). The number of hydrogen-bond donors (Lipinski definition) is 0. The number of fused-ring (bicyclic) bond motifs is 7. The highest BCUT2D eigenvalue weighted by Gasteiger charge is 2.65. The smallest absolute Gasteiger partial charge is 0.337 e. The Morgan fingerprint density at radius 1 is 0.900 bits per heavy atom. The van der Waals surface area contributed by atoms with Crippen molar-refractivity contribution in [2.75, 3.05) is 7.11 Å². The zero-order valence-corrected chi connectivity index (χ0v) is 25.9. The summed E-state index contributed by atoms with van der Waals surface area (Å²) >= 11 is 0. The van der Waals surface area contributed by atoms with Crippen molar-refractivity contribution in [3.63, 3.8) is 0 Å². The molecule has 1 aromatic rings. The molecule has 0 N–H and O–H groups in total. The molecule has 0 aliphatic heterocycles.